The predicted octanol–water partition coefficient (Wildman–Crippen LogP) is 9.93. The highest BCUT2D eigenvalue weighted by Crippen LogP contribution is 2.40. The molecule has 0 fully saturated rings. The zero-order valence-corrected chi connectivity index (χ0v) is 25.1. The average Bonchev–Trinajstić information content (AvgIpc) is 3.49. The van der Waals surface area contributed by atoms with Crippen LogP contribution in [0.1, 0.15) is 22.3 Å². The van der Waals surface area contributed by atoms with Crippen molar-refractivity contribution in [3.8, 4) is 34.6 Å². The van der Waals surface area contributed by atoms with Gasteiger partial charge in [-0.05, 0) is 100 Å². The van der Waals surface area contributed by atoms with Gasteiger partial charge in [-0.3, -0.25) is 0 Å². The second-order valence-electron chi connectivity index (χ2n) is 11.8. The molecule has 0 bridgehead atoms. The van der Waals surface area contributed by atoms with E-state index in [2.05, 4.69) is 28.2 Å². The Morgan fingerprint density at radius 1 is 0.438 bits per heavy atom. The molecular weight excluding hydrogens is 626 g/mol. The third-order valence-corrected chi connectivity index (χ3v) is 8.60. The van der Waals surface area contributed by atoms with Crippen LogP contribution in [-0.2, 0) is 12.4 Å². The molecule has 0 aliphatic carbocycles. The van der Waals surface area contributed by atoms with E-state index in [-0.39, 0.29) is 22.6 Å². The summed E-state index contributed by atoms with van der Waals surface area (Å²) in [5.41, 5.74) is 1.12. The standard InChI is InChI=1S/C38H20F6N4/c1-19-7-20(2)9-23(8-19)21-3-5-27-29-15-30-28-6-4-22(24-10-25(37(39,40)41)14-26(11-24)38(42,43)44)13-32(28)36(48-18-46)34(30)16-33(29)35(47-17-45)31(27)12-21/h3-16H,1-2H3/b47-35+,48-36-. The molecule has 48 heavy (non-hydrogen) atoms. The summed E-state index contributed by atoms with van der Waals surface area (Å²) in [6.07, 6.45) is -6.34. The maximum Gasteiger partial charge on any atom is 0.416 e. The molecule has 0 N–H and O–H groups in total. The number of halogens is 6. The molecule has 0 spiro atoms. The third kappa shape index (κ3) is 5.03. The SMILES string of the molecule is Cc1cc(C)cc(-c2ccc3c(c2)/c(=N\C#N)c2cc4/c(=N\C#N)c5cc(-c6cc(C(F)(F)F)cc(C(F)(F)F)c6)ccc5c4cc23)c1. The fraction of sp³-hybridized carbons (Fsp3) is 0.105. The number of alkyl halides is 6. The van der Waals surface area contributed by atoms with Crippen molar-refractivity contribution in [3.05, 3.63) is 118 Å². The Hall–Kier alpha value is -6.00. The number of hydrogen-bond donors (Lipinski definition) is 0. The van der Waals surface area contributed by atoms with E-state index in [0.29, 0.717) is 44.4 Å². The molecule has 4 nitrogen and oxygen atoms in total. The van der Waals surface area contributed by atoms with Crippen LogP contribution in [0.3, 0.4) is 0 Å². The number of aryl methyl sites for hydroxylation is 2. The Bertz CT molecular complexity index is 2640. The van der Waals surface area contributed by atoms with Gasteiger partial charge in [-0.1, -0.05) is 53.6 Å². The lowest BCUT2D eigenvalue weighted by molar-refractivity contribution is -0.143. The van der Waals surface area contributed by atoms with Crippen LogP contribution in [0.15, 0.2) is 94.9 Å². The molecular formula is C38H20F6N4. The topological polar surface area (TPSA) is 72.3 Å². The van der Waals surface area contributed by atoms with E-state index in [1.54, 1.807) is 18.3 Å². The van der Waals surface area contributed by atoms with Crippen LogP contribution in [0.4, 0.5) is 26.3 Å². The smallest absolute Gasteiger partial charge is 0.172 e. The van der Waals surface area contributed by atoms with Crippen molar-refractivity contribution in [2.75, 3.05) is 0 Å². The molecule has 0 heterocycles. The van der Waals surface area contributed by atoms with Crippen LogP contribution in [0.25, 0.3) is 65.3 Å². The largest absolute Gasteiger partial charge is 0.416 e. The van der Waals surface area contributed by atoms with Gasteiger partial charge in [-0.25, -0.2) is 0 Å². The summed E-state index contributed by atoms with van der Waals surface area (Å²) in [5, 5.41) is 25.1. The highest BCUT2D eigenvalue weighted by Gasteiger charge is 2.37. The number of rotatable bonds is 2. The first-order valence-electron chi connectivity index (χ1n) is 14.6. The maximum atomic E-state index is 13.6. The van der Waals surface area contributed by atoms with Gasteiger partial charge in [0.1, 0.15) is 0 Å². The van der Waals surface area contributed by atoms with Crippen molar-refractivity contribution < 1.29 is 26.3 Å². The van der Waals surface area contributed by atoms with Crippen molar-refractivity contribution in [1.82, 2.24) is 0 Å². The fourth-order valence-corrected chi connectivity index (χ4v) is 6.64. The van der Waals surface area contributed by atoms with E-state index in [9.17, 15) is 36.9 Å². The molecule has 234 valence electrons. The Kier molecular flexibility index (Phi) is 6.88. The number of fused-ring (bicyclic) bond motifs is 6. The van der Waals surface area contributed by atoms with Crippen LogP contribution in [-0.4, -0.2) is 0 Å². The highest BCUT2D eigenvalue weighted by atomic mass is 19.4. The van der Waals surface area contributed by atoms with Crippen LogP contribution in [0, 0.1) is 36.8 Å². The van der Waals surface area contributed by atoms with Crippen LogP contribution in [0.5, 0.6) is 0 Å². The lowest BCUT2D eigenvalue weighted by Crippen LogP contribution is -2.11. The quantitative estimate of drug-likeness (QED) is 0.139. The molecule has 0 radical (unpaired) electrons. The summed E-state index contributed by atoms with van der Waals surface area (Å²) in [5.74, 6) is 0. The van der Waals surface area contributed by atoms with Crippen molar-refractivity contribution >= 4 is 43.1 Å². The third-order valence-electron chi connectivity index (χ3n) is 8.60. The minimum atomic E-state index is -5.00. The van der Waals surface area contributed by atoms with Gasteiger partial charge in [-0.2, -0.15) is 46.9 Å². The highest BCUT2D eigenvalue weighted by molar-refractivity contribution is 6.21. The van der Waals surface area contributed by atoms with Gasteiger partial charge in [0.25, 0.3) is 0 Å². The second kappa shape index (κ2) is 10.8. The van der Waals surface area contributed by atoms with Gasteiger partial charge in [-0.15, -0.1) is 0 Å². The molecule has 0 unspecified atom stereocenters. The molecule has 0 saturated heterocycles. The first-order valence-corrected chi connectivity index (χ1v) is 14.6. The van der Waals surface area contributed by atoms with Crippen molar-refractivity contribution in [2.45, 2.75) is 26.2 Å². The molecule has 10 heteroatoms. The lowest BCUT2D eigenvalue weighted by Gasteiger charge is -2.14. The van der Waals surface area contributed by atoms with Crippen molar-refractivity contribution in [1.29, 1.82) is 10.5 Å². The molecule has 0 amide bonds. The van der Waals surface area contributed by atoms with Gasteiger partial charge in [0.15, 0.2) is 0 Å². The van der Waals surface area contributed by atoms with Gasteiger partial charge >= 0.3 is 12.4 Å². The van der Waals surface area contributed by atoms with Crippen LogP contribution in [0.2, 0.25) is 0 Å². The Labute approximate surface area is 268 Å². The number of nitriles is 2. The Balaban J connectivity index is 1.50. The molecule has 7 rings (SSSR count). The molecule has 0 aliphatic rings. The van der Waals surface area contributed by atoms with Gasteiger partial charge in [0.2, 0.25) is 12.4 Å². The summed E-state index contributed by atoms with van der Waals surface area (Å²) in [4.78, 5) is 8.19. The summed E-state index contributed by atoms with van der Waals surface area (Å²) in [6, 6.07) is 21.8. The van der Waals surface area contributed by atoms with E-state index in [1.807, 2.05) is 44.3 Å². The second-order valence-corrected chi connectivity index (χ2v) is 11.8. The molecule has 0 aliphatic heterocycles. The maximum absolute atomic E-state index is 13.6. The average molecular weight is 647 g/mol. The fourth-order valence-electron chi connectivity index (χ4n) is 6.64. The number of benzene rings is 5. The molecule has 0 saturated carbocycles. The van der Waals surface area contributed by atoms with Gasteiger partial charge in [0, 0.05) is 21.5 Å². The van der Waals surface area contributed by atoms with E-state index < -0.39 is 23.5 Å². The molecule has 7 aromatic rings. The van der Waals surface area contributed by atoms with E-state index in [1.165, 1.54) is 12.1 Å². The minimum Gasteiger partial charge on any atom is -0.172 e. The van der Waals surface area contributed by atoms with Crippen molar-refractivity contribution in [2.24, 2.45) is 9.98 Å². The van der Waals surface area contributed by atoms with Crippen molar-refractivity contribution in [3.63, 3.8) is 0 Å². The summed E-state index contributed by atoms with van der Waals surface area (Å²) < 4.78 is 81.6. The first kappa shape index (κ1) is 30.6. The summed E-state index contributed by atoms with van der Waals surface area (Å²) in [6.45, 7) is 4.04. The van der Waals surface area contributed by atoms with Crippen LogP contribution < -0.4 is 10.7 Å². The molecule has 0 atom stereocenters. The molecule has 0 aromatic heterocycles. The van der Waals surface area contributed by atoms with Gasteiger partial charge in [0.05, 0.1) is 21.8 Å². The van der Waals surface area contributed by atoms with E-state index in [0.717, 1.165) is 38.4 Å². The van der Waals surface area contributed by atoms with Crippen LogP contribution >= 0.6 is 0 Å². The summed E-state index contributed by atoms with van der Waals surface area (Å²) in [7, 11) is 0. The number of nitrogens with zero attached hydrogens (tertiary/aromatic N) is 4. The molecule has 7 aromatic carbocycles. The van der Waals surface area contributed by atoms with Gasteiger partial charge < -0.3 is 0 Å². The van der Waals surface area contributed by atoms with E-state index in [4.69, 9.17) is 0 Å². The zero-order chi connectivity index (χ0) is 34.1. The monoisotopic (exact) mass is 646 g/mol. The normalized spacial score (nSPS) is 13.2. The lowest BCUT2D eigenvalue weighted by atomic mass is 9.97. The number of hydrogen-bond acceptors (Lipinski definition) is 4. The Morgan fingerprint density at radius 2 is 0.833 bits per heavy atom. The predicted molar refractivity (Wildman–Crippen MR) is 172 cm³/mol. The Morgan fingerprint density at radius 3 is 1.25 bits per heavy atom. The zero-order valence-electron chi connectivity index (χ0n) is 25.1. The summed E-state index contributed by atoms with van der Waals surface area (Å²) >= 11 is 0. The van der Waals surface area contributed by atoms with E-state index >= 15 is 0 Å². The first-order chi connectivity index (χ1) is 22.8. The minimum absolute atomic E-state index is 0.0833.